The molecular formula is C15H24N2O2. The van der Waals surface area contributed by atoms with Crippen LogP contribution in [0.25, 0.3) is 0 Å². The zero-order chi connectivity index (χ0) is 13.7. The monoisotopic (exact) mass is 264 g/mol. The maximum absolute atomic E-state index is 5.92. The van der Waals surface area contributed by atoms with E-state index in [-0.39, 0.29) is 0 Å². The number of anilines is 1. The molecule has 1 aliphatic rings. The van der Waals surface area contributed by atoms with Crippen LogP contribution in [0.5, 0.6) is 5.75 Å². The highest BCUT2D eigenvalue weighted by molar-refractivity contribution is 5.54. The van der Waals surface area contributed by atoms with Crippen molar-refractivity contribution in [2.24, 2.45) is 0 Å². The molecule has 1 aliphatic heterocycles. The second-order valence-electron chi connectivity index (χ2n) is 5.26. The molecule has 2 N–H and O–H groups in total. The Morgan fingerprint density at radius 1 is 1.42 bits per heavy atom. The van der Waals surface area contributed by atoms with Crippen molar-refractivity contribution in [3.63, 3.8) is 0 Å². The van der Waals surface area contributed by atoms with Gasteiger partial charge >= 0.3 is 0 Å². The molecule has 0 bridgehead atoms. The van der Waals surface area contributed by atoms with Crippen LogP contribution in [-0.4, -0.2) is 38.3 Å². The molecular weight excluding hydrogens is 240 g/mol. The summed E-state index contributed by atoms with van der Waals surface area (Å²) in [5.41, 5.74) is 7.83. The molecule has 1 heterocycles. The first-order valence-electron chi connectivity index (χ1n) is 6.91. The molecule has 0 amide bonds. The summed E-state index contributed by atoms with van der Waals surface area (Å²) >= 11 is 0. The van der Waals surface area contributed by atoms with Crippen LogP contribution in [0, 0.1) is 0 Å². The van der Waals surface area contributed by atoms with Crippen molar-refractivity contribution in [1.82, 2.24) is 4.90 Å². The molecule has 0 aromatic heterocycles. The molecule has 0 spiro atoms. The quantitative estimate of drug-likeness (QED) is 0.829. The fraction of sp³-hybridized carbons (Fsp3) is 0.600. The Morgan fingerprint density at radius 3 is 2.89 bits per heavy atom. The number of ether oxygens (including phenoxy) is 2. The molecule has 1 fully saturated rings. The number of likely N-dealkylation sites (N-methyl/N-ethyl adjacent to an activating group) is 1. The van der Waals surface area contributed by atoms with Crippen LogP contribution >= 0.6 is 0 Å². The molecule has 4 heteroatoms. The van der Waals surface area contributed by atoms with Gasteiger partial charge < -0.3 is 15.2 Å². The van der Waals surface area contributed by atoms with Gasteiger partial charge in [0.1, 0.15) is 5.75 Å². The predicted molar refractivity (Wildman–Crippen MR) is 77.3 cm³/mol. The summed E-state index contributed by atoms with van der Waals surface area (Å²) in [5, 5.41) is 0. The number of methoxy groups -OCH3 is 1. The second-order valence-corrected chi connectivity index (χ2v) is 5.26. The first-order chi connectivity index (χ1) is 9.19. The van der Waals surface area contributed by atoms with E-state index in [4.69, 9.17) is 15.2 Å². The van der Waals surface area contributed by atoms with Crippen molar-refractivity contribution < 1.29 is 9.47 Å². The maximum atomic E-state index is 5.92. The molecule has 1 saturated heterocycles. The zero-order valence-electron chi connectivity index (χ0n) is 11.9. The number of hydrogen-bond donors (Lipinski definition) is 1. The Balaban J connectivity index is 1.87. The van der Waals surface area contributed by atoms with E-state index in [9.17, 15) is 0 Å². The molecule has 0 saturated carbocycles. The van der Waals surface area contributed by atoms with Crippen LogP contribution in [0.4, 0.5) is 5.69 Å². The SMILES string of the molecule is COc1ccc(CN(C)CC2CCCCO2)cc1N. The summed E-state index contributed by atoms with van der Waals surface area (Å²) in [6.07, 6.45) is 4.05. The second kappa shape index (κ2) is 6.78. The predicted octanol–water partition coefficient (Wildman–Crippen LogP) is 2.28. The Hall–Kier alpha value is -1.26. The van der Waals surface area contributed by atoms with Gasteiger partial charge in [-0.1, -0.05) is 6.07 Å². The molecule has 4 nitrogen and oxygen atoms in total. The van der Waals surface area contributed by atoms with Crippen LogP contribution in [0.15, 0.2) is 18.2 Å². The highest BCUT2D eigenvalue weighted by atomic mass is 16.5. The highest BCUT2D eigenvalue weighted by Gasteiger charge is 2.16. The molecule has 0 radical (unpaired) electrons. The number of rotatable bonds is 5. The Kier molecular flexibility index (Phi) is 5.05. The minimum absolute atomic E-state index is 0.384. The van der Waals surface area contributed by atoms with Gasteiger partial charge in [0, 0.05) is 19.7 Å². The Morgan fingerprint density at radius 2 is 2.26 bits per heavy atom. The maximum Gasteiger partial charge on any atom is 0.141 e. The van der Waals surface area contributed by atoms with Crippen molar-refractivity contribution in [2.45, 2.75) is 31.9 Å². The molecule has 2 rings (SSSR count). The number of benzene rings is 1. The molecule has 1 aromatic rings. The zero-order valence-corrected chi connectivity index (χ0v) is 11.9. The van der Waals surface area contributed by atoms with Gasteiger partial charge in [-0.05, 0) is 44.0 Å². The van der Waals surface area contributed by atoms with Gasteiger partial charge in [0.2, 0.25) is 0 Å². The number of hydrogen-bond acceptors (Lipinski definition) is 4. The Labute approximate surface area is 115 Å². The third-order valence-electron chi connectivity index (χ3n) is 3.54. The average Bonchev–Trinajstić information content (AvgIpc) is 2.40. The van der Waals surface area contributed by atoms with E-state index in [0.29, 0.717) is 11.8 Å². The van der Waals surface area contributed by atoms with E-state index in [1.807, 2.05) is 12.1 Å². The van der Waals surface area contributed by atoms with E-state index in [1.165, 1.54) is 24.8 Å². The molecule has 106 valence electrons. The van der Waals surface area contributed by atoms with Crippen molar-refractivity contribution in [3.05, 3.63) is 23.8 Å². The minimum Gasteiger partial charge on any atom is -0.495 e. The van der Waals surface area contributed by atoms with E-state index in [1.54, 1.807) is 7.11 Å². The standard InChI is InChI=1S/C15H24N2O2/c1-17(11-13-5-3-4-8-19-13)10-12-6-7-15(18-2)14(16)9-12/h6-7,9,13H,3-5,8,10-11,16H2,1-2H3. The van der Waals surface area contributed by atoms with Crippen molar-refractivity contribution in [3.8, 4) is 5.75 Å². The lowest BCUT2D eigenvalue weighted by Crippen LogP contribution is -2.33. The van der Waals surface area contributed by atoms with Crippen molar-refractivity contribution in [1.29, 1.82) is 0 Å². The summed E-state index contributed by atoms with van der Waals surface area (Å²) in [6.45, 7) is 2.77. The van der Waals surface area contributed by atoms with Gasteiger partial charge in [0.15, 0.2) is 0 Å². The number of nitrogens with two attached hydrogens (primary N) is 1. The normalized spacial score (nSPS) is 19.6. The minimum atomic E-state index is 0.384. The average molecular weight is 264 g/mol. The first-order valence-corrected chi connectivity index (χ1v) is 6.91. The van der Waals surface area contributed by atoms with Crippen LogP contribution in [-0.2, 0) is 11.3 Å². The van der Waals surface area contributed by atoms with Gasteiger partial charge in [-0.25, -0.2) is 0 Å². The molecule has 1 unspecified atom stereocenters. The van der Waals surface area contributed by atoms with Crippen LogP contribution in [0.1, 0.15) is 24.8 Å². The third-order valence-corrected chi connectivity index (χ3v) is 3.54. The van der Waals surface area contributed by atoms with E-state index >= 15 is 0 Å². The van der Waals surface area contributed by atoms with Gasteiger partial charge in [-0.15, -0.1) is 0 Å². The lowest BCUT2D eigenvalue weighted by atomic mass is 10.1. The van der Waals surface area contributed by atoms with E-state index in [2.05, 4.69) is 18.0 Å². The Bertz CT molecular complexity index is 403. The van der Waals surface area contributed by atoms with Crippen molar-refractivity contribution in [2.75, 3.05) is 33.0 Å². The lowest BCUT2D eigenvalue weighted by molar-refractivity contribution is -0.00258. The number of nitrogens with zero attached hydrogens (tertiary/aromatic N) is 1. The molecule has 19 heavy (non-hydrogen) atoms. The fourth-order valence-corrected chi connectivity index (χ4v) is 2.56. The molecule has 1 aromatic carbocycles. The summed E-state index contributed by atoms with van der Waals surface area (Å²) in [5.74, 6) is 0.738. The number of nitrogen functional groups attached to an aromatic ring is 1. The summed E-state index contributed by atoms with van der Waals surface area (Å²) in [7, 11) is 3.76. The lowest BCUT2D eigenvalue weighted by Gasteiger charge is -2.27. The smallest absolute Gasteiger partial charge is 0.141 e. The highest BCUT2D eigenvalue weighted by Crippen LogP contribution is 2.22. The van der Waals surface area contributed by atoms with Crippen molar-refractivity contribution >= 4 is 5.69 Å². The topological polar surface area (TPSA) is 47.7 Å². The van der Waals surface area contributed by atoms with E-state index < -0.39 is 0 Å². The van der Waals surface area contributed by atoms with Gasteiger partial charge in [-0.2, -0.15) is 0 Å². The van der Waals surface area contributed by atoms with Crippen LogP contribution in [0.3, 0.4) is 0 Å². The fourth-order valence-electron chi connectivity index (χ4n) is 2.56. The first kappa shape index (κ1) is 14.2. The summed E-state index contributed by atoms with van der Waals surface area (Å²) in [4.78, 5) is 2.29. The molecule has 0 aliphatic carbocycles. The summed E-state index contributed by atoms with van der Waals surface area (Å²) in [6, 6.07) is 5.97. The largest absolute Gasteiger partial charge is 0.495 e. The van der Waals surface area contributed by atoms with Crippen LogP contribution < -0.4 is 10.5 Å². The van der Waals surface area contributed by atoms with E-state index in [0.717, 1.165) is 25.4 Å². The summed E-state index contributed by atoms with van der Waals surface area (Å²) < 4.78 is 10.9. The van der Waals surface area contributed by atoms with Gasteiger partial charge in [-0.3, -0.25) is 4.90 Å². The van der Waals surface area contributed by atoms with Gasteiger partial charge in [0.05, 0.1) is 18.9 Å². The van der Waals surface area contributed by atoms with Crippen LogP contribution in [0.2, 0.25) is 0 Å². The third kappa shape index (κ3) is 4.11. The molecule has 1 atom stereocenters. The van der Waals surface area contributed by atoms with Gasteiger partial charge in [0.25, 0.3) is 0 Å².